The Morgan fingerprint density at radius 1 is 1.25 bits per heavy atom. The van der Waals surface area contributed by atoms with Crippen LogP contribution in [-0.2, 0) is 14.3 Å². The van der Waals surface area contributed by atoms with Crippen molar-refractivity contribution in [1.29, 1.82) is 0 Å². The van der Waals surface area contributed by atoms with Crippen molar-refractivity contribution in [3.63, 3.8) is 0 Å². The predicted octanol–water partition coefficient (Wildman–Crippen LogP) is -0.00996. The van der Waals surface area contributed by atoms with Gasteiger partial charge in [0.15, 0.2) is 0 Å². The van der Waals surface area contributed by atoms with Gasteiger partial charge in [-0.3, -0.25) is 10.1 Å². The second-order valence-electron chi connectivity index (χ2n) is 2.98. The molecule has 0 radical (unpaired) electrons. The Morgan fingerprint density at radius 3 is 2.50 bits per heavy atom. The lowest BCUT2D eigenvalue weighted by Crippen LogP contribution is -2.26. The lowest BCUT2D eigenvalue weighted by Gasteiger charge is -2.03. The van der Waals surface area contributed by atoms with E-state index in [9.17, 15) is 9.59 Å². The molecule has 1 aromatic heterocycles. The fraction of sp³-hybridized carbons (Fsp3) is 0.444. The van der Waals surface area contributed by atoms with Crippen LogP contribution in [0.1, 0.15) is 18.3 Å². The molecule has 0 unspecified atom stereocenters. The Balaban J connectivity index is 2.70. The molecule has 0 fully saturated rings. The summed E-state index contributed by atoms with van der Waals surface area (Å²) < 4.78 is 4.50. The largest absolute Gasteiger partial charge is 0.459 e. The summed E-state index contributed by atoms with van der Waals surface area (Å²) in [6.45, 7) is 5.22. The highest BCUT2D eigenvalue weighted by molar-refractivity contribution is 6.37. The van der Waals surface area contributed by atoms with E-state index in [4.69, 9.17) is 0 Å². The van der Waals surface area contributed by atoms with Gasteiger partial charge in [0, 0.05) is 0 Å². The summed E-state index contributed by atoms with van der Waals surface area (Å²) in [5, 5.41) is 9.57. The van der Waals surface area contributed by atoms with Crippen LogP contribution in [0.2, 0.25) is 0 Å². The zero-order valence-corrected chi connectivity index (χ0v) is 9.27. The maximum Gasteiger partial charge on any atom is 0.397 e. The van der Waals surface area contributed by atoms with Gasteiger partial charge < -0.3 is 4.74 Å². The molecule has 16 heavy (non-hydrogen) atoms. The van der Waals surface area contributed by atoms with Gasteiger partial charge in [-0.15, -0.1) is 5.10 Å². The van der Waals surface area contributed by atoms with Gasteiger partial charge in [-0.05, 0) is 20.8 Å². The molecular formula is C9H12N4O3. The third-order valence-electron chi connectivity index (χ3n) is 1.78. The number of carbonyl (C=O) groups excluding carboxylic acids is 2. The second kappa shape index (κ2) is 5.15. The van der Waals surface area contributed by atoms with E-state index in [2.05, 4.69) is 25.2 Å². The van der Waals surface area contributed by atoms with Gasteiger partial charge in [-0.25, -0.2) is 9.78 Å². The first-order valence-electron chi connectivity index (χ1n) is 4.70. The molecule has 0 spiro atoms. The molecule has 0 saturated heterocycles. The first kappa shape index (κ1) is 12.0. The summed E-state index contributed by atoms with van der Waals surface area (Å²) in [4.78, 5) is 26.1. The Morgan fingerprint density at radius 2 is 1.94 bits per heavy atom. The normalized spacial score (nSPS) is 9.69. The van der Waals surface area contributed by atoms with E-state index < -0.39 is 11.9 Å². The Hall–Kier alpha value is -2.05. The van der Waals surface area contributed by atoms with Crippen molar-refractivity contribution in [2.75, 3.05) is 11.9 Å². The third kappa shape index (κ3) is 2.97. The van der Waals surface area contributed by atoms with Crippen molar-refractivity contribution in [1.82, 2.24) is 15.2 Å². The average molecular weight is 224 g/mol. The molecule has 0 atom stereocenters. The van der Waals surface area contributed by atoms with E-state index in [1.165, 1.54) is 0 Å². The maximum atomic E-state index is 11.2. The molecule has 0 aliphatic rings. The molecule has 86 valence electrons. The Kier molecular flexibility index (Phi) is 3.87. The van der Waals surface area contributed by atoms with Gasteiger partial charge in [0.1, 0.15) is 0 Å². The van der Waals surface area contributed by atoms with Gasteiger partial charge in [0.2, 0.25) is 5.95 Å². The highest BCUT2D eigenvalue weighted by atomic mass is 16.5. The Labute approximate surface area is 92.2 Å². The molecule has 1 rings (SSSR count). The number of carbonyl (C=O) groups is 2. The summed E-state index contributed by atoms with van der Waals surface area (Å²) >= 11 is 0. The lowest BCUT2D eigenvalue weighted by atomic mass is 10.4. The van der Waals surface area contributed by atoms with E-state index in [0.717, 1.165) is 0 Å². The predicted molar refractivity (Wildman–Crippen MR) is 54.6 cm³/mol. The Bertz CT molecular complexity index is 419. The zero-order valence-electron chi connectivity index (χ0n) is 9.27. The van der Waals surface area contributed by atoms with Crippen LogP contribution in [0, 0.1) is 13.8 Å². The second-order valence-corrected chi connectivity index (χ2v) is 2.98. The van der Waals surface area contributed by atoms with Crippen molar-refractivity contribution in [2.24, 2.45) is 0 Å². The van der Waals surface area contributed by atoms with Crippen LogP contribution in [0.3, 0.4) is 0 Å². The maximum absolute atomic E-state index is 11.2. The summed E-state index contributed by atoms with van der Waals surface area (Å²) in [7, 11) is 0. The van der Waals surface area contributed by atoms with Crippen LogP contribution in [-0.4, -0.2) is 33.7 Å². The number of anilines is 1. The average Bonchev–Trinajstić information content (AvgIpc) is 2.24. The van der Waals surface area contributed by atoms with Crippen molar-refractivity contribution in [3.05, 3.63) is 11.4 Å². The first-order chi connectivity index (χ1) is 7.54. The highest BCUT2D eigenvalue weighted by Crippen LogP contribution is 2.01. The molecule has 0 saturated carbocycles. The summed E-state index contributed by atoms with van der Waals surface area (Å²) in [5.41, 5.74) is 1.29. The van der Waals surface area contributed by atoms with Crippen molar-refractivity contribution in [3.8, 4) is 0 Å². The number of amides is 1. The summed E-state index contributed by atoms with van der Waals surface area (Å²) in [6, 6.07) is 0. The van der Waals surface area contributed by atoms with Crippen LogP contribution in [0.5, 0.6) is 0 Å². The number of hydrogen-bond acceptors (Lipinski definition) is 6. The van der Waals surface area contributed by atoms with E-state index >= 15 is 0 Å². The van der Waals surface area contributed by atoms with Gasteiger partial charge in [0.25, 0.3) is 0 Å². The number of rotatable bonds is 2. The molecule has 1 N–H and O–H groups in total. The number of nitrogens with one attached hydrogen (secondary N) is 1. The topological polar surface area (TPSA) is 94.1 Å². The van der Waals surface area contributed by atoms with Gasteiger partial charge in [-0.2, -0.15) is 5.10 Å². The highest BCUT2D eigenvalue weighted by Gasteiger charge is 2.16. The molecule has 1 aromatic rings. The van der Waals surface area contributed by atoms with Crippen LogP contribution < -0.4 is 5.32 Å². The van der Waals surface area contributed by atoms with E-state index in [1.807, 2.05) is 0 Å². The first-order valence-corrected chi connectivity index (χ1v) is 4.70. The number of hydrogen-bond donors (Lipinski definition) is 1. The number of esters is 1. The lowest BCUT2D eigenvalue weighted by molar-refractivity contribution is -0.152. The molecule has 0 bridgehead atoms. The number of aryl methyl sites for hydroxylation is 2. The smallest absolute Gasteiger partial charge is 0.397 e. The minimum absolute atomic E-state index is 0.0128. The number of ether oxygens (including phenoxy) is 1. The minimum atomic E-state index is -0.968. The third-order valence-corrected chi connectivity index (χ3v) is 1.78. The molecule has 1 amide bonds. The van der Waals surface area contributed by atoms with Gasteiger partial charge >= 0.3 is 11.9 Å². The van der Waals surface area contributed by atoms with Crippen molar-refractivity contribution < 1.29 is 14.3 Å². The van der Waals surface area contributed by atoms with E-state index in [0.29, 0.717) is 11.4 Å². The quantitative estimate of drug-likeness (QED) is 0.561. The molecule has 0 aliphatic heterocycles. The standard InChI is InChI=1S/C9H12N4O3/c1-4-16-8(15)7(14)11-9-10-5(2)6(3)12-13-9/h4H2,1-3H3,(H,10,11,13,14). The SMILES string of the molecule is CCOC(=O)C(=O)Nc1nnc(C)c(C)n1. The monoisotopic (exact) mass is 224 g/mol. The molecule has 0 aromatic carbocycles. The summed E-state index contributed by atoms with van der Waals surface area (Å²) in [5.74, 6) is -1.89. The van der Waals surface area contributed by atoms with Crippen molar-refractivity contribution in [2.45, 2.75) is 20.8 Å². The van der Waals surface area contributed by atoms with Crippen molar-refractivity contribution >= 4 is 17.8 Å². The van der Waals surface area contributed by atoms with E-state index in [1.54, 1.807) is 20.8 Å². The van der Waals surface area contributed by atoms with Crippen LogP contribution >= 0.6 is 0 Å². The molecule has 1 heterocycles. The van der Waals surface area contributed by atoms with Crippen LogP contribution in [0.4, 0.5) is 5.95 Å². The fourth-order valence-electron chi connectivity index (χ4n) is 0.859. The molecular weight excluding hydrogens is 212 g/mol. The zero-order chi connectivity index (χ0) is 12.1. The van der Waals surface area contributed by atoms with Crippen LogP contribution in [0.15, 0.2) is 0 Å². The fourth-order valence-corrected chi connectivity index (χ4v) is 0.859. The van der Waals surface area contributed by atoms with Crippen LogP contribution in [0.25, 0.3) is 0 Å². The minimum Gasteiger partial charge on any atom is -0.459 e. The molecule has 7 heteroatoms. The molecule has 7 nitrogen and oxygen atoms in total. The number of nitrogens with zero attached hydrogens (tertiary/aromatic N) is 3. The van der Waals surface area contributed by atoms with Gasteiger partial charge in [-0.1, -0.05) is 0 Å². The van der Waals surface area contributed by atoms with Gasteiger partial charge in [0.05, 0.1) is 18.0 Å². The molecule has 0 aliphatic carbocycles. The summed E-state index contributed by atoms with van der Waals surface area (Å²) in [6.07, 6.45) is 0. The van der Waals surface area contributed by atoms with E-state index in [-0.39, 0.29) is 12.6 Å². The number of aromatic nitrogens is 3.